The number of nitrogens with one attached hydrogen (secondary N) is 1. The van der Waals surface area contributed by atoms with E-state index in [1.54, 1.807) is 23.0 Å². The number of fused-ring (bicyclic) bond motifs is 1. The summed E-state index contributed by atoms with van der Waals surface area (Å²) >= 11 is 0. The number of carbonyl (C=O) groups excluding carboxylic acids is 1. The largest absolute Gasteiger partial charge is 0.340 e. The van der Waals surface area contributed by atoms with Crippen molar-refractivity contribution in [1.29, 1.82) is 0 Å². The number of pyridine rings is 1. The highest BCUT2D eigenvalue weighted by atomic mass is 35.5. The Bertz CT molecular complexity index is 1230. The van der Waals surface area contributed by atoms with Crippen molar-refractivity contribution < 1.29 is 4.79 Å². The van der Waals surface area contributed by atoms with Crippen LogP contribution in [0, 0.1) is 13.8 Å². The van der Waals surface area contributed by atoms with E-state index in [1.807, 2.05) is 50.2 Å². The molecule has 166 valence electrons. The molecule has 0 saturated carbocycles. The number of aryl methyl sites for hydroxylation is 2. The molecule has 0 spiro atoms. The maximum atomic E-state index is 13.3. The maximum Gasteiger partial charge on any atom is 0.270 e. The van der Waals surface area contributed by atoms with E-state index in [-0.39, 0.29) is 29.8 Å². The maximum absolute atomic E-state index is 13.3. The molecule has 0 radical (unpaired) electrons. The van der Waals surface area contributed by atoms with E-state index in [0.717, 1.165) is 22.4 Å². The monoisotopic (exact) mass is 450 g/mol. The first kappa shape index (κ1) is 23.3. The quantitative estimate of drug-likeness (QED) is 0.498. The minimum Gasteiger partial charge on any atom is -0.340 e. The van der Waals surface area contributed by atoms with E-state index in [0.29, 0.717) is 17.3 Å². The van der Waals surface area contributed by atoms with Crippen LogP contribution in [0.25, 0.3) is 5.78 Å². The lowest BCUT2D eigenvalue weighted by molar-refractivity contribution is 0.0937. The summed E-state index contributed by atoms with van der Waals surface area (Å²) in [7, 11) is 0. The van der Waals surface area contributed by atoms with Gasteiger partial charge in [0.15, 0.2) is 0 Å². The second-order valence-corrected chi connectivity index (χ2v) is 8.75. The molecule has 3 aromatic heterocycles. The van der Waals surface area contributed by atoms with Crippen LogP contribution in [0.15, 0.2) is 54.9 Å². The van der Waals surface area contributed by atoms with Crippen LogP contribution in [-0.2, 0) is 5.41 Å². The molecule has 0 fully saturated rings. The van der Waals surface area contributed by atoms with Crippen molar-refractivity contribution in [2.45, 2.75) is 46.1 Å². The number of nitrogens with zero attached hydrogens (tertiary/aromatic N) is 5. The van der Waals surface area contributed by atoms with E-state index in [9.17, 15) is 4.79 Å². The van der Waals surface area contributed by atoms with Gasteiger partial charge in [-0.1, -0.05) is 56.7 Å². The lowest BCUT2D eigenvalue weighted by Gasteiger charge is -2.22. The van der Waals surface area contributed by atoms with Crippen molar-refractivity contribution in [2.24, 2.45) is 0 Å². The molecule has 1 unspecified atom stereocenters. The van der Waals surface area contributed by atoms with E-state index in [1.165, 1.54) is 0 Å². The second-order valence-electron chi connectivity index (χ2n) is 8.75. The molecule has 0 aliphatic heterocycles. The van der Waals surface area contributed by atoms with Gasteiger partial charge in [0.25, 0.3) is 11.7 Å². The summed E-state index contributed by atoms with van der Waals surface area (Å²) in [5.74, 6) is 0.759. The topological polar surface area (TPSA) is 85.1 Å². The summed E-state index contributed by atoms with van der Waals surface area (Å²) in [5.41, 5.74) is 3.97. The number of halogens is 1. The Morgan fingerprint density at radius 3 is 2.38 bits per heavy atom. The van der Waals surface area contributed by atoms with Gasteiger partial charge in [0.1, 0.15) is 11.5 Å². The molecule has 1 atom stereocenters. The lowest BCUT2D eigenvalue weighted by atomic mass is 9.91. The van der Waals surface area contributed by atoms with Gasteiger partial charge < -0.3 is 5.32 Å². The molecule has 0 aliphatic rings. The highest BCUT2D eigenvalue weighted by Gasteiger charge is 2.25. The Morgan fingerprint density at radius 2 is 1.75 bits per heavy atom. The van der Waals surface area contributed by atoms with Crippen LogP contribution in [0.3, 0.4) is 0 Å². The third kappa shape index (κ3) is 4.78. The fraction of sp³-hybridized carbons (Fsp3) is 0.292. The number of aromatic nitrogens is 5. The number of carbonyl (C=O) groups is 1. The first-order valence-electron chi connectivity index (χ1n) is 10.2. The molecule has 0 aliphatic carbocycles. The predicted molar refractivity (Wildman–Crippen MR) is 126 cm³/mol. The van der Waals surface area contributed by atoms with Crippen molar-refractivity contribution in [3.05, 3.63) is 88.8 Å². The Hall–Kier alpha value is -3.32. The molecule has 1 aromatic carbocycles. The van der Waals surface area contributed by atoms with Gasteiger partial charge in [0.2, 0.25) is 0 Å². The first-order valence-corrected chi connectivity index (χ1v) is 10.2. The number of hydrogen-bond donors (Lipinski definition) is 1. The minimum atomic E-state index is -0.350. The predicted octanol–water partition coefficient (Wildman–Crippen LogP) is 4.37. The van der Waals surface area contributed by atoms with E-state index in [2.05, 4.69) is 46.1 Å². The molecule has 8 heteroatoms. The summed E-state index contributed by atoms with van der Waals surface area (Å²) < 4.78 is 1.71. The van der Waals surface area contributed by atoms with Gasteiger partial charge in [-0.3, -0.25) is 9.78 Å². The summed E-state index contributed by atoms with van der Waals surface area (Å²) in [6, 6.07) is 13.4. The molecule has 4 aromatic rings. The number of rotatable bonds is 4. The van der Waals surface area contributed by atoms with Crippen molar-refractivity contribution in [3.8, 4) is 0 Å². The number of amides is 1. The minimum absolute atomic E-state index is 0. The zero-order chi connectivity index (χ0) is 22.2. The average molecular weight is 451 g/mol. The third-order valence-corrected chi connectivity index (χ3v) is 5.12. The normalized spacial score (nSPS) is 12.3. The van der Waals surface area contributed by atoms with Gasteiger partial charge >= 0.3 is 0 Å². The zero-order valence-corrected chi connectivity index (χ0v) is 19.6. The fourth-order valence-corrected chi connectivity index (χ4v) is 3.49. The molecular weight excluding hydrogens is 424 g/mol. The molecule has 4 rings (SSSR count). The summed E-state index contributed by atoms with van der Waals surface area (Å²) in [4.78, 5) is 26.4. The Balaban J connectivity index is 0.00000289. The fourth-order valence-electron chi connectivity index (χ4n) is 3.49. The lowest BCUT2D eigenvalue weighted by Crippen LogP contribution is -2.31. The Kier molecular flexibility index (Phi) is 6.60. The van der Waals surface area contributed by atoms with E-state index < -0.39 is 0 Å². The highest BCUT2D eigenvalue weighted by Crippen LogP contribution is 2.25. The van der Waals surface area contributed by atoms with Gasteiger partial charge in [-0.15, -0.1) is 12.4 Å². The molecule has 3 heterocycles. The van der Waals surface area contributed by atoms with Crippen LogP contribution >= 0.6 is 12.4 Å². The van der Waals surface area contributed by atoms with Gasteiger partial charge in [-0.2, -0.15) is 10.1 Å². The zero-order valence-electron chi connectivity index (χ0n) is 18.8. The van der Waals surface area contributed by atoms with Crippen LogP contribution in [0.5, 0.6) is 0 Å². The second kappa shape index (κ2) is 9.04. The van der Waals surface area contributed by atoms with E-state index >= 15 is 0 Å². The van der Waals surface area contributed by atoms with Crippen molar-refractivity contribution in [2.75, 3.05) is 0 Å². The summed E-state index contributed by atoms with van der Waals surface area (Å²) in [5, 5.41) is 7.58. The van der Waals surface area contributed by atoms with Crippen molar-refractivity contribution in [3.63, 3.8) is 0 Å². The Labute approximate surface area is 193 Å². The highest BCUT2D eigenvalue weighted by molar-refractivity contribution is 5.93. The molecule has 0 saturated heterocycles. The van der Waals surface area contributed by atoms with Crippen LogP contribution in [0.2, 0.25) is 0 Å². The third-order valence-electron chi connectivity index (χ3n) is 5.12. The average Bonchev–Trinajstić information content (AvgIpc) is 3.11. The molecule has 1 amide bonds. The van der Waals surface area contributed by atoms with Crippen molar-refractivity contribution in [1.82, 2.24) is 29.9 Å². The van der Waals surface area contributed by atoms with Crippen molar-refractivity contribution >= 4 is 24.1 Å². The molecular formula is C24H27ClN6O. The van der Waals surface area contributed by atoms with E-state index in [4.69, 9.17) is 0 Å². The van der Waals surface area contributed by atoms with Gasteiger partial charge in [-0.05, 0) is 37.1 Å². The van der Waals surface area contributed by atoms with Crippen LogP contribution < -0.4 is 5.32 Å². The SMILES string of the molecule is Cc1ccc(C(NC(=O)c2cc(C(C)(C)C)n3nc(C)nc3n2)c2cccnc2)cc1.Cl. The number of benzene rings is 1. The van der Waals surface area contributed by atoms with Gasteiger partial charge in [0.05, 0.1) is 11.7 Å². The first-order chi connectivity index (χ1) is 14.7. The molecule has 7 nitrogen and oxygen atoms in total. The smallest absolute Gasteiger partial charge is 0.270 e. The van der Waals surface area contributed by atoms with Gasteiger partial charge in [-0.25, -0.2) is 9.50 Å². The van der Waals surface area contributed by atoms with Crippen LogP contribution in [0.1, 0.15) is 65.5 Å². The molecule has 1 N–H and O–H groups in total. The standard InChI is InChI=1S/C24H26N6O.ClH/c1-15-8-10-17(11-9-15)21(18-7-6-12-25-14-18)28-22(31)19-13-20(24(3,4)5)30-23(27-19)26-16(2)29-30;/h6-14,21H,1-5H3,(H,28,31);1H. The van der Waals surface area contributed by atoms with Crippen LogP contribution in [0.4, 0.5) is 0 Å². The summed E-state index contributed by atoms with van der Waals surface area (Å²) in [6.07, 6.45) is 3.49. The van der Waals surface area contributed by atoms with Crippen LogP contribution in [-0.4, -0.2) is 30.5 Å². The number of hydrogen-bond acceptors (Lipinski definition) is 5. The molecule has 0 bridgehead atoms. The summed E-state index contributed by atoms with van der Waals surface area (Å²) in [6.45, 7) is 10.1. The van der Waals surface area contributed by atoms with Gasteiger partial charge in [0, 0.05) is 17.8 Å². The molecule has 32 heavy (non-hydrogen) atoms. The Morgan fingerprint density at radius 1 is 1.03 bits per heavy atom.